The third-order valence-corrected chi connectivity index (χ3v) is 5.34. The van der Waals surface area contributed by atoms with Crippen LogP contribution in [0.3, 0.4) is 0 Å². The van der Waals surface area contributed by atoms with Crippen LogP contribution in [0.1, 0.15) is 30.4 Å². The summed E-state index contributed by atoms with van der Waals surface area (Å²) in [7, 11) is 1.68. The summed E-state index contributed by atoms with van der Waals surface area (Å²) in [6, 6.07) is 16.3. The minimum Gasteiger partial charge on any atom is -0.497 e. The quantitative estimate of drug-likeness (QED) is 0.661. The number of rotatable bonds is 9. The normalized spacial score (nSPS) is 16.7. The van der Waals surface area contributed by atoms with Crippen molar-refractivity contribution in [1.82, 2.24) is 10.2 Å². The van der Waals surface area contributed by atoms with Gasteiger partial charge >= 0.3 is 0 Å². The number of ether oxygens (including phenoxy) is 1. The highest BCUT2D eigenvalue weighted by Crippen LogP contribution is 2.22. The first-order valence-corrected chi connectivity index (χ1v) is 9.91. The van der Waals surface area contributed by atoms with Gasteiger partial charge in [-0.05, 0) is 61.2 Å². The molecule has 1 heterocycles. The summed E-state index contributed by atoms with van der Waals surface area (Å²) in [4.78, 5) is 14.3. The molecule has 0 aliphatic carbocycles. The molecule has 1 aliphatic rings. The van der Waals surface area contributed by atoms with Gasteiger partial charge in [0, 0.05) is 30.6 Å². The van der Waals surface area contributed by atoms with Gasteiger partial charge in [0.25, 0.3) is 0 Å². The largest absolute Gasteiger partial charge is 0.497 e. The molecule has 5 heteroatoms. The number of likely N-dealkylation sites (tertiary alicyclic amines) is 1. The number of nitrogens with one attached hydrogen (secondary N) is 1. The van der Waals surface area contributed by atoms with Crippen LogP contribution in [0.15, 0.2) is 48.5 Å². The van der Waals surface area contributed by atoms with E-state index >= 15 is 0 Å². The molecule has 2 aromatic rings. The van der Waals surface area contributed by atoms with Gasteiger partial charge in [0.05, 0.1) is 7.11 Å². The Bertz CT molecular complexity index is 765. The van der Waals surface area contributed by atoms with E-state index in [1.54, 1.807) is 7.11 Å². The van der Waals surface area contributed by atoms with Gasteiger partial charge in [-0.3, -0.25) is 4.79 Å². The standard InChI is InChI=1S/C22H27ClN2O2/c1-27-21-7-3-5-18(15-21)16-24-12-10-20-8-9-22(26)25(20)13-11-17-4-2-6-19(23)14-17/h2-7,14-15,20,24H,8-13,16H2,1H3. The van der Waals surface area contributed by atoms with Gasteiger partial charge in [-0.25, -0.2) is 0 Å². The Morgan fingerprint density at radius 2 is 2.00 bits per heavy atom. The summed E-state index contributed by atoms with van der Waals surface area (Å²) < 4.78 is 5.26. The van der Waals surface area contributed by atoms with Crippen molar-refractivity contribution in [2.75, 3.05) is 20.2 Å². The zero-order valence-electron chi connectivity index (χ0n) is 15.8. The van der Waals surface area contributed by atoms with Crippen molar-refractivity contribution in [3.05, 3.63) is 64.7 Å². The van der Waals surface area contributed by atoms with E-state index < -0.39 is 0 Å². The Labute approximate surface area is 166 Å². The first-order valence-electron chi connectivity index (χ1n) is 9.53. The highest BCUT2D eigenvalue weighted by atomic mass is 35.5. The number of hydrogen-bond acceptors (Lipinski definition) is 3. The van der Waals surface area contributed by atoms with Crippen LogP contribution in [0.5, 0.6) is 5.75 Å². The van der Waals surface area contributed by atoms with Crippen LogP contribution in [0.25, 0.3) is 0 Å². The maximum atomic E-state index is 12.3. The number of halogens is 1. The molecule has 0 radical (unpaired) electrons. The summed E-state index contributed by atoms with van der Waals surface area (Å²) in [5, 5.41) is 4.23. The predicted molar refractivity (Wildman–Crippen MR) is 109 cm³/mol. The molecule has 0 bridgehead atoms. The van der Waals surface area contributed by atoms with Crippen LogP contribution in [0, 0.1) is 0 Å². The van der Waals surface area contributed by atoms with Gasteiger partial charge in [-0.2, -0.15) is 0 Å². The SMILES string of the molecule is COc1cccc(CNCCC2CCC(=O)N2CCc2cccc(Cl)c2)c1. The zero-order valence-corrected chi connectivity index (χ0v) is 16.5. The van der Waals surface area contributed by atoms with Crippen LogP contribution in [-0.2, 0) is 17.8 Å². The Hall–Kier alpha value is -2.04. The summed E-state index contributed by atoms with van der Waals surface area (Å²) in [5.74, 6) is 1.15. The molecule has 4 nitrogen and oxygen atoms in total. The fourth-order valence-corrected chi connectivity index (χ4v) is 3.84. The molecule has 1 saturated heterocycles. The molecular weight excluding hydrogens is 360 g/mol. The first-order chi connectivity index (χ1) is 13.2. The second-order valence-corrected chi connectivity index (χ2v) is 7.41. The van der Waals surface area contributed by atoms with Crippen LogP contribution in [-0.4, -0.2) is 37.0 Å². The number of amides is 1. The highest BCUT2D eigenvalue weighted by Gasteiger charge is 2.29. The van der Waals surface area contributed by atoms with E-state index in [1.165, 1.54) is 11.1 Å². The Kier molecular flexibility index (Phi) is 7.13. The Balaban J connectivity index is 1.45. The molecule has 0 aromatic heterocycles. The number of benzene rings is 2. The van der Waals surface area contributed by atoms with Crippen molar-refractivity contribution in [1.29, 1.82) is 0 Å². The maximum absolute atomic E-state index is 12.3. The van der Waals surface area contributed by atoms with Gasteiger partial charge < -0.3 is 15.0 Å². The van der Waals surface area contributed by atoms with Gasteiger partial charge in [0.15, 0.2) is 0 Å². The van der Waals surface area contributed by atoms with Gasteiger partial charge in [-0.1, -0.05) is 35.9 Å². The van der Waals surface area contributed by atoms with Crippen molar-refractivity contribution in [3.63, 3.8) is 0 Å². The molecule has 1 fully saturated rings. The predicted octanol–water partition coefficient (Wildman–Crippen LogP) is 4.06. The van der Waals surface area contributed by atoms with Crippen LogP contribution in [0.4, 0.5) is 0 Å². The van der Waals surface area contributed by atoms with E-state index in [9.17, 15) is 4.79 Å². The topological polar surface area (TPSA) is 41.6 Å². The lowest BCUT2D eigenvalue weighted by atomic mass is 10.1. The number of hydrogen-bond donors (Lipinski definition) is 1. The summed E-state index contributed by atoms with van der Waals surface area (Å²) in [6.07, 6.45) is 3.44. The molecule has 3 rings (SSSR count). The highest BCUT2D eigenvalue weighted by molar-refractivity contribution is 6.30. The van der Waals surface area contributed by atoms with Crippen molar-refractivity contribution >= 4 is 17.5 Å². The van der Waals surface area contributed by atoms with E-state index in [0.717, 1.165) is 49.7 Å². The van der Waals surface area contributed by atoms with Gasteiger partial charge in [-0.15, -0.1) is 0 Å². The fourth-order valence-electron chi connectivity index (χ4n) is 3.63. The average molecular weight is 387 g/mol. The Morgan fingerprint density at radius 3 is 2.81 bits per heavy atom. The Morgan fingerprint density at radius 1 is 1.19 bits per heavy atom. The lowest BCUT2D eigenvalue weighted by molar-refractivity contribution is -0.129. The average Bonchev–Trinajstić information content (AvgIpc) is 3.03. The number of methoxy groups -OCH3 is 1. The fraction of sp³-hybridized carbons (Fsp3) is 0.409. The van der Waals surface area contributed by atoms with Crippen LogP contribution < -0.4 is 10.1 Å². The van der Waals surface area contributed by atoms with Gasteiger partial charge in [0.2, 0.25) is 5.91 Å². The maximum Gasteiger partial charge on any atom is 0.222 e. The minimum absolute atomic E-state index is 0.273. The van der Waals surface area contributed by atoms with E-state index in [0.29, 0.717) is 12.5 Å². The van der Waals surface area contributed by atoms with Crippen LogP contribution >= 0.6 is 11.6 Å². The molecule has 1 N–H and O–H groups in total. The molecule has 144 valence electrons. The van der Waals surface area contributed by atoms with Crippen molar-refractivity contribution in [2.24, 2.45) is 0 Å². The van der Waals surface area contributed by atoms with E-state index in [4.69, 9.17) is 16.3 Å². The lowest BCUT2D eigenvalue weighted by Crippen LogP contribution is -2.36. The van der Waals surface area contributed by atoms with Crippen molar-refractivity contribution in [3.8, 4) is 5.75 Å². The summed E-state index contributed by atoms with van der Waals surface area (Å²) >= 11 is 6.05. The molecule has 2 aromatic carbocycles. The molecule has 0 spiro atoms. The molecule has 1 aliphatic heterocycles. The first kappa shape index (κ1) is 19.7. The second kappa shape index (κ2) is 9.77. The molecule has 1 unspecified atom stereocenters. The molecule has 27 heavy (non-hydrogen) atoms. The molecule has 0 saturated carbocycles. The molecule has 1 amide bonds. The smallest absolute Gasteiger partial charge is 0.222 e. The summed E-state index contributed by atoms with van der Waals surface area (Å²) in [6.45, 7) is 2.46. The lowest BCUT2D eigenvalue weighted by Gasteiger charge is -2.25. The van der Waals surface area contributed by atoms with Gasteiger partial charge in [0.1, 0.15) is 5.75 Å². The number of carbonyl (C=O) groups is 1. The molecular formula is C22H27ClN2O2. The van der Waals surface area contributed by atoms with Crippen molar-refractivity contribution < 1.29 is 9.53 Å². The third kappa shape index (κ3) is 5.72. The van der Waals surface area contributed by atoms with E-state index in [1.807, 2.05) is 41.3 Å². The third-order valence-electron chi connectivity index (χ3n) is 5.10. The van der Waals surface area contributed by atoms with E-state index in [2.05, 4.69) is 17.4 Å². The summed E-state index contributed by atoms with van der Waals surface area (Å²) in [5.41, 5.74) is 2.38. The minimum atomic E-state index is 0.273. The van der Waals surface area contributed by atoms with Crippen molar-refractivity contribution in [2.45, 2.75) is 38.3 Å². The van der Waals surface area contributed by atoms with E-state index in [-0.39, 0.29) is 5.91 Å². The number of nitrogens with zero attached hydrogens (tertiary/aromatic N) is 1. The van der Waals surface area contributed by atoms with Crippen LogP contribution in [0.2, 0.25) is 5.02 Å². The monoisotopic (exact) mass is 386 g/mol. The second-order valence-electron chi connectivity index (χ2n) is 6.98. The zero-order chi connectivity index (χ0) is 19.1. The molecule has 1 atom stereocenters. The number of carbonyl (C=O) groups excluding carboxylic acids is 1.